The normalized spacial score (nSPS) is 14.3. The van der Waals surface area contributed by atoms with Gasteiger partial charge in [-0.15, -0.1) is 0 Å². The number of anilines is 4. The van der Waals surface area contributed by atoms with E-state index in [1.807, 2.05) is 170 Å². The van der Waals surface area contributed by atoms with Crippen molar-refractivity contribution in [1.82, 2.24) is 81.1 Å². The van der Waals surface area contributed by atoms with E-state index in [0.717, 1.165) is 118 Å². The third kappa shape index (κ3) is 23.8. The standard InChI is InChI=1S/2C27H27N5O2.2C26H25N5O2/c33-26(29-20-7-3-1-2-4-8-20)19-12-15-22-24(17-19)32-25(31-22)18-10-13-21(14-11-18)30-27(34)23-9-5-6-16-28-23;33-26(19-13-15-28-16-14-19)30-22-10-7-18(8-11-22)25-31-23-12-9-20(17-24(23)32-25)27(34)29-21-5-3-1-2-4-6-21;32-25(28-19-6-2-1-3-7-19)18-11-14-21-23(16-18)31-24(30-21)17-9-12-20(13-10-17)29-26(33)22-8-4-5-15-27-22;32-25(18-12-14-27-15-13-18)29-21-9-6-17(7-10-21)24-30-22-11-8-19(16-23(22)31-24)26(33)28-20-4-2-1-3-5-20/h5-6,9-17,20H,1-4,7-8H2,(H,29,33)(H,30,34)(H,31,32);7-17,21H,1-6H2,(H,29,34)(H,30,33)(H,31,32);4-5,8-16,19H,1-3,6-7H2,(H,28,32)(H,29,33)(H,30,31);6-16,20H,1-5H2,(H,28,33)(H,29,32)(H,30,31). The van der Waals surface area contributed by atoms with E-state index < -0.39 is 0 Å². The van der Waals surface area contributed by atoms with Gasteiger partial charge in [0.15, 0.2) is 0 Å². The van der Waals surface area contributed by atoms with E-state index in [9.17, 15) is 38.4 Å². The minimum atomic E-state index is -0.258. The summed E-state index contributed by atoms with van der Waals surface area (Å²) < 4.78 is 0. The van der Waals surface area contributed by atoms with E-state index in [0.29, 0.717) is 90.8 Å². The van der Waals surface area contributed by atoms with Crippen molar-refractivity contribution < 1.29 is 38.4 Å². The SMILES string of the molecule is O=C(NC1CCCCC1)c1ccc2nc(-c3ccc(NC(=O)c4ccccn4)cc3)[nH]c2c1.O=C(NC1CCCCCC1)c1ccc2nc(-c3ccc(NC(=O)c4ccccn4)cc3)[nH]c2c1.O=C(Nc1ccc(-c2nc3ccc(C(=O)NC4CCCCC4)cc3[nH]2)cc1)c1ccncc1.O=C(Nc1ccc(-c2nc3ccc(C(=O)NC4CCCCCC4)cc3[nH]2)cc1)c1ccncc1. The van der Waals surface area contributed by atoms with Gasteiger partial charge in [-0.05, 0) is 270 Å². The molecular formula is C106H104N20O8. The maximum absolute atomic E-state index is 12.8. The molecule has 8 amide bonds. The summed E-state index contributed by atoms with van der Waals surface area (Å²) in [7, 11) is 0. The number of nitrogens with zero attached hydrogens (tertiary/aromatic N) is 8. The number of carbonyl (C=O) groups excluding carboxylic acids is 8. The number of amides is 8. The van der Waals surface area contributed by atoms with Crippen LogP contribution in [0.4, 0.5) is 22.7 Å². The molecule has 8 aromatic carbocycles. The lowest BCUT2D eigenvalue weighted by molar-refractivity contribution is 0.0919. The summed E-state index contributed by atoms with van der Waals surface area (Å²) in [5.74, 6) is 1.82. The van der Waals surface area contributed by atoms with Crippen molar-refractivity contribution >= 4 is 114 Å². The van der Waals surface area contributed by atoms with Crippen molar-refractivity contribution in [1.29, 1.82) is 0 Å². The van der Waals surface area contributed by atoms with Gasteiger partial charge in [0.25, 0.3) is 47.3 Å². The van der Waals surface area contributed by atoms with Gasteiger partial charge in [-0.25, -0.2) is 19.9 Å². The molecule has 4 fully saturated rings. The summed E-state index contributed by atoms with van der Waals surface area (Å²) in [5, 5.41) is 24.2. The molecule has 8 aromatic heterocycles. The van der Waals surface area contributed by atoms with Crippen LogP contribution in [0.3, 0.4) is 0 Å². The Morgan fingerprint density at radius 3 is 0.709 bits per heavy atom. The van der Waals surface area contributed by atoms with Gasteiger partial charge in [-0.2, -0.15) is 0 Å². The van der Waals surface area contributed by atoms with Crippen LogP contribution < -0.4 is 42.5 Å². The summed E-state index contributed by atoms with van der Waals surface area (Å²) in [5.41, 5.74) is 17.1. The van der Waals surface area contributed by atoms with E-state index in [1.165, 1.54) is 89.9 Å². The molecule has 16 aromatic rings. The topological polar surface area (TPSA) is 399 Å². The van der Waals surface area contributed by atoms with Crippen LogP contribution in [0.5, 0.6) is 0 Å². The van der Waals surface area contributed by atoms with Crippen molar-refractivity contribution in [2.24, 2.45) is 0 Å². The molecule has 12 N–H and O–H groups in total. The third-order valence-electron chi connectivity index (χ3n) is 24.6. The molecule has 0 bridgehead atoms. The Balaban J connectivity index is 0.000000124. The summed E-state index contributed by atoms with van der Waals surface area (Å²) in [6.07, 6.45) is 35.0. The van der Waals surface area contributed by atoms with Crippen LogP contribution in [0.1, 0.15) is 224 Å². The monoisotopic (exact) mass is 1780 g/mol. The zero-order valence-electron chi connectivity index (χ0n) is 74.1. The average Bonchev–Trinajstić information content (AvgIpc) is 1.57. The van der Waals surface area contributed by atoms with Crippen LogP contribution in [0.15, 0.2) is 268 Å². The van der Waals surface area contributed by atoms with Crippen LogP contribution in [0, 0.1) is 0 Å². The highest BCUT2D eigenvalue weighted by Crippen LogP contribution is 2.32. The number of pyridine rings is 4. The fourth-order valence-electron chi connectivity index (χ4n) is 17.2. The van der Waals surface area contributed by atoms with Crippen molar-refractivity contribution in [2.75, 3.05) is 21.3 Å². The van der Waals surface area contributed by atoms with Crippen molar-refractivity contribution in [3.8, 4) is 45.6 Å². The molecule has 28 heteroatoms. The maximum atomic E-state index is 12.8. The first kappa shape index (κ1) is 90.0. The number of rotatable bonds is 20. The Labute approximate surface area is 773 Å². The Hall–Kier alpha value is -16.0. The van der Waals surface area contributed by atoms with Crippen LogP contribution in [-0.2, 0) is 0 Å². The second-order valence-corrected chi connectivity index (χ2v) is 34.2. The molecule has 0 aliphatic heterocycles. The Morgan fingerprint density at radius 1 is 0.231 bits per heavy atom. The minimum Gasteiger partial charge on any atom is -0.349 e. The van der Waals surface area contributed by atoms with Gasteiger partial charge >= 0.3 is 0 Å². The Bertz CT molecular complexity index is 6350. The average molecular weight is 1790 g/mol. The zero-order valence-corrected chi connectivity index (χ0v) is 74.1. The van der Waals surface area contributed by atoms with E-state index >= 15 is 0 Å². The highest BCUT2D eigenvalue weighted by atomic mass is 16.2. The van der Waals surface area contributed by atoms with Gasteiger partial charge in [0.2, 0.25) is 0 Å². The number of H-pyrrole nitrogens is 4. The number of aromatic amines is 4. The predicted molar refractivity (Wildman–Crippen MR) is 521 cm³/mol. The molecule has 0 radical (unpaired) electrons. The number of imidazole rings is 4. The van der Waals surface area contributed by atoms with Crippen molar-refractivity contribution in [3.63, 3.8) is 0 Å². The van der Waals surface area contributed by atoms with Gasteiger partial charge in [0.05, 0.1) is 44.1 Å². The lowest BCUT2D eigenvalue weighted by Gasteiger charge is -2.22. The van der Waals surface area contributed by atoms with Crippen molar-refractivity contribution in [3.05, 3.63) is 312 Å². The molecule has 134 heavy (non-hydrogen) atoms. The Kier molecular flexibility index (Phi) is 29.3. The van der Waals surface area contributed by atoms with Crippen LogP contribution in [-0.4, -0.2) is 131 Å². The minimum absolute atomic E-state index is 0.0285. The first-order valence-corrected chi connectivity index (χ1v) is 46.1. The summed E-state index contributed by atoms with van der Waals surface area (Å²) >= 11 is 0. The van der Waals surface area contributed by atoms with E-state index in [4.69, 9.17) is 0 Å². The number of hydrogen-bond donors (Lipinski definition) is 12. The first-order chi connectivity index (χ1) is 65.6. The third-order valence-corrected chi connectivity index (χ3v) is 24.6. The smallest absolute Gasteiger partial charge is 0.274 e. The van der Waals surface area contributed by atoms with Gasteiger partial charge in [0, 0.05) is 140 Å². The number of aromatic nitrogens is 12. The van der Waals surface area contributed by atoms with Crippen LogP contribution >= 0.6 is 0 Å². The second kappa shape index (κ2) is 43.6. The van der Waals surface area contributed by atoms with Gasteiger partial charge < -0.3 is 62.5 Å². The van der Waals surface area contributed by atoms with E-state index in [-0.39, 0.29) is 71.4 Å². The van der Waals surface area contributed by atoms with Crippen LogP contribution in [0.25, 0.3) is 89.7 Å². The fraction of sp³-hybridized carbons (Fsp3) is 0.245. The largest absolute Gasteiger partial charge is 0.349 e. The molecule has 8 heterocycles. The van der Waals surface area contributed by atoms with Gasteiger partial charge in [-0.3, -0.25) is 58.3 Å². The summed E-state index contributed by atoms with van der Waals surface area (Å²) in [6.45, 7) is 0. The van der Waals surface area contributed by atoms with E-state index in [2.05, 4.69) is 102 Å². The summed E-state index contributed by atoms with van der Waals surface area (Å²) in [4.78, 5) is 148. The molecule has 0 spiro atoms. The number of fused-ring (bicyclic) bond motifs is 4. The van der Waals surface area contributed by atoms with Crippen LogP contribution in [0.2, 0.25) is 0 Å². The second-order valence-electron chi connectivity index (χ2n) is 34.2. The molecule has 0 saturated heterocycles. The molecule has 28 nitrogen and oxygen atoms in total. The quantitative estimate of drug-likeness (QED) is 0.0315. The highest BCUT2D eigenvalue weighted by Gasteiger charge is 2.24. The first-order valence-electron chi connectivity index (χ1n) is 46.1. The molecule has 0 unspecified atom stereocenters. The van der Waals surface area contributed by atoms with Gasteiger partial charge in [-0.1, -0.05) is 102 Å². The molecule has 20 rings (SSSR count). The lowest BCUT2D eigenvalue weighted by Crippen LogP contribution is -2.36. The fourth-order valence-corrected chi connectivity index (χ4v) is 17.2. The molecule has 4 aliphatic rings. The molecule has 4 aliphatic carbocycles. The Morgan fingerprint density at radius 2 is 0.470 bits per heavy atom. The number of carbonyl (C=O) groups is 8. The molecule has 676 valence electrons. The van der Waals surface area contributed by atoms with E-state index in [1.54, 1.807) is 97.8 Å². The summed E-state index contributed by atoms with van der Waals surface area (Å²) in [6, 6.07) is 70.2. The highest BCUT2D eigenvalue weighted by molar-refractivity contribution is 6.07. The predicted octanol–water partition coefficient (Wildman–Crippen LogP) is 20.5. The molecular weight excluding hydrogens is 1680 g/mol. The van der Waals surface area contributed by atoms with Gasteiger partial charge in [0.1, 0.15) is 34.7 Å². The zero-order chi connectivity index (χ0) is 91.9. The molecule has 4 saturated carbocycles. The van der Waals surface area contributed by atoms with Crippen molar-refractivity contribution in [2.45, 2.75) is 165 Å². The number of hydrogen-bond acceptors (Lipinski definition) is 16. The lowest BCUT2D eigenvalue weighted by atomic mass is 9.95. The number of benzene rings is 8. The maximum Gasteiger partial charge on any atom is 0.274 e. The number of nitrogens with one attached hydrogen (secondary N) is 12. The molecule has 0 atom stereocenters.